The molecule has 0 saturated heterocycles. The van der Waals surface area contributed by atoms with E-state index >= 15 is 0 Å². The number of pyridine rings is 1. The first-order valence-electron chi connectivity index (χ1n) is 5.78. The Morgan fingerprint density at radius 3 is 3.11 bits per heavy atom. The Labute approximate surface area is 110 Å². The monoisotopic (exact) mass is 264 g/mol. The molecule has 0 bridgehead atoms. The highest BCUT2D eigenvalue weighted by molar-refractivity contribution is 7.98. The van der Waals surface area contributed by atoms with Gasteiger partial charge in [-0.2, -0.15) is 11.8 Å². The molecule has 0 aliphatic carbocycles. The molecule has 18 heavy (non-hydrogen) atoms. The van der Waals surface area contributed by atoms with Gasteiger partial charge in [-0.15, -0.1) is 0 Å². The van der Waals surface area contributed by atoms with Crippen molar-refractivity contribution in [3.63, 3.8) is 0 Å². The van der Waals surface area contributed by atoms with Gasteiger partial charge in [0.15, 0.2) is 0 Å². The Morgan fingerprint density at radius 2 is 2.33 bits per heavy atom. The van der Waals surface area contributed by atoms with Crippen molar-refractivity contribution in [2.45, 2.75) is 12.3 Å². The number of anilines is 1. The van der Waals surface area contributed by atoms with Gasteiger partial charge in [0.25, 0.3) is 0 Å². The van der Waals surface area contributed by atoms with E-state index < -0.39 is 0 Å². The molecule has 0 amide bonds. The Morgan fingerprint density at radius 1 is 1.39 bits per heavy atom. The number of nitrogens with zero attached hydrogens (tertiary/aromatic N) is 1. The van der Waals surface area contributed by atoms with E-state index in [-0.39, 0.29) is 6.61 Å². The Hall–Kier alpha value is -1.46. The highest BCUT2D eigenvalue weighted by Crippen LogP contribution is 2.15. The third kappa shape index (κ3) is 4.09. The lowest BCUT2D eigenvalue weighted by Crippen LogP contribution is -2.00. The largest absolute Gasteiger partial charge is 0.467 e. The van der Waals surface area contributed by atoms with E-state index in [0.29, 0.717) is 6.54 Å². The van der Waals surface area contributed by atoms with Crippen LogP contribution in [0.25, 0.3) is 0 Å². The summed E-state index contributed by atoms with van der Waals surface area (Å²) in [6.07, 6.45) is 3.45. The number of nitrogens with one attached hydrogen (secondary N) is 1. The zero-order valence-electron chi connectivity index (χ0n) is 10.0. The molecule has 0 atom stereocenters. The van der Waals surface area contributed by atoms with E-state index in [2.05, 4.69) is 10.3 Å². The zero-order valence-corrected chi connectivity index (χ0v) is 10.8. The second-order valence-corrected chi connectivity index (χ2v) is 4.86. The average molecular weight is 264 g/mol. The van der Waals surface area contributed by atoms with E-state index in [0.717, 1.165) is 23.1 Å². The maximum Gasteiger partial charge on any atom is 0.126 e. The molecular formula is C13H16N2O2S. The van der Waals surface area contributed by atoms with Gasteiger partial charge in [-0.3, -0.25) is 0 Å². The molecule has 96 valence electrons. The van der Waals surface area contributed by atoms with E-state index in [1.54, 1.807) is 24.2 Å². The predicted octanol–water partition coefficient (Wildman–Crippen LogP) is 2.51. The van der Waals surface area contributed by atoms with Crippen molar-refractivity contribution < 1.29 is 9.52 Å². The summed E-state index contributed by atoms with van der Waals surface area (Å²) in [6, 6.07) is 7.80. The van der Waals surface area contributed by atoms with Crippen molar-refractivity contribution in [1.82, 2.24) is 4.98 Å². The van der Waals surface area contributed by atoms with Crippen molar-refractivity contribution in [3.8, 4) is 0 Å². The molecule has 2 N–H and O–H groups in total. The normalized spacial score (nSPS) is 10.5. The zero-order chi connectivity index (χ0) is 12.6. The van der Waals surface area contributed by atoms with Crippen LogP contribution in [0.15, 0.2) is 41.1 Å². The maximum absolute atomic E-state index is 8.73. The summed E-state index contributed by atoms with van der Waals surface area (Å²) in [7, 11) is 0. The molecule has 2 aromatic rings. The number of aromatic nitrogens is 1. The fourth-order valence-electron chi connectivity index (χ4n) is 1.51. The maximum atomic E-state index is 8.73. The quantitative estimate of drug-likeness (QED) is 0.752. The smallest absolute Gasteiger partial charge is 0.126 e. The van der Waals surface area contributed by atoms with Crippen LogP contribution in [0.2, 0.25) is 0 Å². The molecule has 2 aromatic heterocycles. The number of hydrogen-bond acceptors (Lipinski definition) is 5. The first-order valence-corrected chi connectivity index (χ1v) is 6.94. The molecule has 0 aliphatic rings. The van der Waals surface area contributed by atoms with Gasteiger partial charge in [0.1, 0.15) is 11.6 Å². The highest BCUT2D eigenvalue weighted by atomic mass is 32.2. The lowest BCUT2D eigenvalue weighted by molar-refractivity contribution is 0.322. The Kier molecular flexibility index (Phi) is 5.11. The lowest BCUT2D eigenvalue weighted by atomic mass is 10.3. The summed E-state index contributed by atoms with van der Waals surface area (Å²) in [5.41, 5.74) is 1.20. The Bertz CT molecular complexity index is 460. The summed E-state index contributed by atoms with van der Waals surface area (Å²) in [5, 5.41) is 11.9. The molecule has 0 unspecified atom stereocenters. The number of aliphatic hydroxyl groups is 1. The van der Waals surface area contributed by atoms with Crippen molar-refractivity contribution >= 4 is 17.6 Å². The van der Waals surface area contributed by atoms with Gasteiger partial charge in [-0.25, -0.2) is 4.98 Å². The topological polar surface area (TPSA) is 58.3 Å². The van der Waals surface area contributed by atoms with Crippen LogP contribution < -0.4 is 5.32 Å². The SMILES string of the molecule is OCCSCc1ccnc(NCc2ccco2)c1. The molecule has 0 aliphatic heterocycles. The molecule has 0 saturated carbocycles. The van der Waals surface area contributed by atoms with E-state index in [4.69, 9.17) is 9.52 Å². The number of furan rings is 1. The number of rotatable bonds is 7. The van der Waals surface area contributed by atoms with E-state index in [1.807, 2.05) is 24.3 Å². The van der Waals surface area contributed by atoms with Crippen molar-refractivity contribution in [2.75, 3.05) is 17.7 Å². The minimum absolute atomic E-state index is 0.222. The van der Waals surface area contributed by atoms with Gasteiger partial charge < -0.3 is 14.8 Å². The fraction of sp³-hybridized carbons (Fsp3) is 0.308. The molecule has 4 nitrogen and oxygen atoms in total. The van der Waals surface area contributed by atoms with Gasteiger partial charge in [0.2, 0.25) is 0 Å². The first kappa shape index (κ1) is 13.0. The van der Waals surface area contributed by atoms with Crippen LogP contribution >= 0.6 is 11.8 Å². The second kappa shape index (κ2) is 7.08. The lowest BCUT2D eigenvalue weighted by Gasteiger charge is -2.06. The fourth-order valence-corrected chi connectivity index (χ4v) is 2.19. The second-order valence-electron chi connectivity index (χ2n) is 3.76. The molecular weight excluding hydrogens is 248 g/mol. The molecule has 0 radical (unpaired) electrons. The summed E-state index contributed by atoms with van der Waals surface area (Å²) >= 11 is 1.71. The molecule has 0 aromatic carbocycles. The Balaban J connectivity index is 1.86. The molecule has 2 heterocycles. The van der Waals surface area contributed by atoms with E-state index in [9.17, 15) is 0 Å². The van der Waals surface area contributed by atoms with Crippen LogP contribution in [0.4, 0.5) is 5.82 Å². The van der Waals surface area contributed by atoms with Crippen LogP contribution in [0.3, 0.4) is 0 Å². The van der Waals surface area contributed by atoms with Gasteiger partial charge in [-0.05, 0) is 29.8 Å². The molecule has 0 fully saturated rings. The van der Waals surface area contributed by atoms with Gasteiger partial charge >= 0.3 is 0 Å². The summed E-state index contributed by atoms with van der Waals surface area (Å²) < 4.78 is 5.24. The van der Waals surface area contributed by atoms with Crippen LogP contribution in [0, 0.1) is 0 Å². The summed E-state index contributed by atoms with van der Waals surface area (Å²) in [6.45, 7) is 0.854. The summed E-state index contributed by atoms with van der Waals surface area (Å²) in [4.78, 5) is 4.26. The van der Waals surface area contributed by atoms with Crippen LogP contribution in [0.5, 0.6) is 0 Å². The van der Waals surface area contributed by atoms with Gasteiger partial charge in [0.05, 0.1) is 19.4 Å². The van der Waals surface area contributed by atoms with Gasteiger partial charge in [-0.1, -0.05) is 0 Å². The number of aliphatic hydroxyl groups excluding tert-OH is 1. The first-order chi connectivity index (χ1) is 8.88. The van der Waals surface area contributed by atoms with Gasteiger partial charge in [0, 0.05) is 17.7 Å². The minimum atomic E-state index is 0.222. The predicted molar refractivity (Wildman–Crippen MR) is 73.5 cm³/mol. The summed E-state index contributed by atoms with van der Waals surface area (Å²) in [5.74, 6) is 3.38. The third-order valence-corrected chi connectivity index (χ3v) is 3.36. The van der Waals surface area contributed by atoms with Crippen molar-refractivity contribution in [2.24, 2.45) is 0 Å². The molecule has 5 heteroatoms. The molecule has 0 spiro atoms. The van der Waals surface area contributed by atoms with Crippen LogP contribution in [-0.4, -0.2) is 22.5 Å². The average Bonchev–Trinajstić information content (AvgIpc) is 2.90. The standard InChI is InChI=1S/C13H16N2O2S/c16-5-7-18-10-11-3-4-14-13(8-11)15-9-12-2-1-6-17-12/h1-4,6,8,16H,5,7,9-10H2,(H,14,15). The van der Waals surface area contributed by atoms with E-state index in [1.165, 1.54) is 5.56 Å². The molecule has 2 rings (SSSR count). The van der Waals surface area contributed by atoms with Crippen molar-refractivity contribution in [3.05, 3.63) is 48.0 Å². The third-order valence-electron chi connectivity index (χ3n) is 2.35. The van der Waals surface area contributed by atoms with Crippen molar-refractivity contribution in [1.29, 1.82) is 0 Å². The van der Waals surface area contributed by atoms with Crippen LogP contribution in [-0.2, 0) is 12.3 Å². The number of thioether (sulfide) groups is 1. The minimum Gasteiger partial charge on any atom is -0.467 e. The van der Waals surface area contributed by atoms with Crippen LogP contribution in [0.1, 0.15) is 11.3 Å². The highest BCUT2D eigenvalue weighted by Gasteiger charge is 1.99. The number of hydrogen-bond donors (Lipinski definition) is 2.